The average Bonchev–Trinajstić information content (AvgIpc) is 2.71. The van der Waals surface area contributed by atoms with Gasteiger partial charge in [0.1, 0.15) is 5.02 Å². The Labute approximate surface area is 112 Å². The molecule has 0 bridgehead atoms. The largest absolute Gasteiger partial charge is 0.398 e. The lowest BCUT2D eigenvalue weighted by molar-refractivity contribution is 1.17. The number of rotatable bonds is 3. The van der Waals surface area contributed by atoms with Gasteiger partial charge in [0.15, 0.2) is 5.82 Å². The van der Waals surface area contributed by atoms with Crippen LogP contribution < -0.4 is 11.1 Å². The maximum Gasteiger partial charge on any atom is 0.224 e. The van der Waals surface area contributed by atoms with Crippen molar-refractivity contribution in [2.45, 2.75) is 0 Å². The maximum absolute atomic E-state index is 5.95. The molecule has 7 heteroatoms. The first-order valence-electron chi connectivity index (χ1n) is 4.55. The molecule has 0 saturated heterocycles. The Morgan fingerprint density at radius 3 is 2.94 bits per heavy atom. The Morgan fingerprint density at radius 2 is 2.24 bits per heavy atom. The first-order valence-corrected chi connectivity index (χ1v) is 6.19. The van der Waals surface area contributed by atoms with Crippen molar-refractivity contribution in [3.8, 4) is 0 Å². The first-order chi connectivity index (χ1) is 8.08. The lowest BCUT2D eigenvalue weighted by Crippen LogP contribution is -1.99. The molecule has 4 nitrogen and oxygen atoms in total. The summed E-state index contributed by atoms with van der Waals surface area (Å²) < 4.78 is 0. The van der Waals surface area contributed by atoms with Gasteiger partial charge in [0.2, 0.25) is 5.28 Å². The van der Waals surface area contributed by atoms with Gasteiger partial charge in [-0.3, -0.25) is 0 Å². The Morgan fingerprint density at radius 1 is 1.47 bits per heavy atom. The van der Waals surface area contributed by atoms with Crippen LogP contribution in [0.25, 0.3) is 5.70 Å². The SMILES string of the molecule is C=C(N)c1sccc1Nc1nc(Cl)ncc1Cl. The minimum Gasteiger partial charge on any atom is -0.398 e. The second-order valence-electron chi connectivity index (χ2n) is 3.15. The van der Waals surface area contributed by atoms with Crippen molar-refractivity contribution in [2.24, 2.45) is 5.73 Å². The quantitative estimate of drug-likeness (QED) is 0.848. The van der Waals surface area contributed by atoms with E-state index < -0.39 is 0 Å². The van der Waals surface area contributed by atoms with Gasteiger partial charge < -0.3 is 11.1 Å². The van der Waals surface area contributed by atoms with E-state index in [2.05, 4.69) is 21.9 Å². The molecule has 2 rings (SSSR count). The lowest BCUT2D eigenvalue weighted by Gasteiger charge is -2.07. The van der Waals surface area contributed by atoms with Crippen LogP contribution >= 0.6 is 34.5 Å². The Balaban J connectivity index is 2.34. The van der Waals surface area contributed by atoms with E-state index in [0.717, 1.165) is 10.6 Å². The summed E-state index contributed by atoms with van der Waals surface area (Å²) in [5.74, 6) is 0.438. The van der Waals surface area contributed by atoms with Crippen LogP contribution in [0.5, 0.6) is 0 Å². The zero-order chi connectivity index (χ0) is 12.4. The van der Waals surface area contributed by atoms with Gasteiger partial charge in [-0.2, -0.15) is 4.98 Å². The first kappa shape index (κ1) is 12.2. The fourth-order valence-corrected chi connectivity index (χ4v) is 2.23. The van der Waals surface area contributed by atoms with Crippen LogP contribution in [-0.2, 0) is 0 Å². The van der Waals surface area contributed by atoms with Crippen molar-refractivity contribution in [3.63, 3.8) is 0 Å². The molecule has 0 radical (unpaired) electrons. The number of hydrogen-bond donors (Lipinski definition) is 2. The molecule has 0 fully saturated rings. The molecule has 0 saturated carbocycles. The second kappa shape index (κ2) is 4.91. The van der Waals surface area contributed by atoms with Gasteiger partial charge in [0, 0.05) is 5.70 Å². The van der Waals surface area contributed by atoms with E-state index in [1.165, 1.54) is 17.5 Å². The van der Waals surface area contributed by atoms with Crippen LogP contribution in [0, 0.1) is 0 Å². The molecule has 3 N–H and O–H groups in total. The summed E-state index contributed by atoms with van der Waals surface area (Å²) in [4.78, 5) is 8.61. The summed E-state index contributed by atoms with van der Waals surface area (Å²) in [6, 6.07) is 1.87. The van der Waals surface area contributed by atoms with Crippen molar-refractivity contribution in [1.29, 1.82) is 0 Å². The highest BCUT2D eigenvalue weighted by atomic mass is 35.5. The normalized spacial score (nSPS) is 10.2. The van der Waals surface area contributed by atoms with E-state index in [1.807, 2.05) is 11.4 Å². The molecule has 2 aromatic rings. The lowest BCUT2D eigenvalue weighted by atomic mass is 10.3. The van der Waals surface area contributed by atoms with E-state index in [1.54, 1.807) is 0 Å². The van der Waals surface area contributed by atoms with E-state index >= 15 is 0 Å². The topological polar surface area (TPSA) is 63.8 Å². The van der Waals surface area contributed by atoms with Crippen molar-refractivity contribution >= 4 is 51.7 Å². The highest BCUT2D eigenvalue weighted by Gasteiger charge is 2.09. The predicted molar refractivity (Wildman–Crippen MR) is 72.9 cm³/mol. The van der Waals surface area contributed by atoms with E-state index in [-0.39, 0.29) is 5.28 Å². The summed E-state index contributed by atoms with van der Waals surface area (Å²) in [6.45, 7) is 3.70. The molecule has 17 heavy (non-hydrogen) atoms. The van der Waals surface area contributed by atoms with Gasteiger partial charge in [0.25, 0.3) is 0 Å². The second-order valence-corrected chi connectivity index (χ2v) is 4.81. The van der Waals surface area contributed by atoms with Gasteiger partial charge in [-0.05, 0) is 23.0 Å². The van der Waals surface area contributed by atoms with Gasteiger partial charge >= 0.3 is 0 Å². The number of nitrogens with zero attached hydrogens (tertiary/aromatic N) is 2. The molecule has 88 valence electrons. The van der Waals surface area contributed by atoms with E-state index in [9.17, 15) is 0 Å². The van der Waals surface area contributed by atoms with Crippen molar-refractivity contribution in [1.82, 2.24) is 9.97 Å². The molecule has 0 aliphatic heterocycles. The number of hydrogen-bond acceptors (Lipinski definition) is 5. The summed E-state index contributed by atoms with van der Waals surface area (Å²) >= 11 is 13.1. The standard InChI is InChI=1S/C10H8Cl2N4S/c1-5(13)8-7(2-3-17-8)15-9-6(11)4-14-10(12)16-9/h2-4H,1,13H2,(H,14,15,16). The molecule has 0 aliphatic carbocycles. The molecule has 2 heterocycles. The Bertz CT molecular complexity index is 567. The molecule has 0 spiro atoms. The predicted octanol–water partition coefficient (Wildman–Crippen LogP) is 3.52. The molecule has 0 aliphatic rings. The number of halogens is 2. The van der Waals surface area contributed by atoms with E-state index in [0.29, 0.717) is 16.5 Å². The number of nitrogens with one attached hydrogen (secondary N) is 1. The molecule has 0 unspecified atom stereocenters. The molecule has 0 aromatic carbocycles. The third kappa shape index (κ3) is 2.69. The number of thiophene rings is 1. The average molecular weight is 287 g/mol. The zero-order valence-corrected chi connectivity index (χ0v) is 10.9. The van der Waals surface area contributed by atoms with Crippen LogP contribution in [0.15, 0.2) is 24.2 Å². The fraction of sp³-hybridized carbons (Fsp3) is 0. The number of anilines is 2. The summed E-state index contributed by atoms with van der Waals surface area (Å²) in [6.07, 6.45) is 1.43. The van der Waals surface area contributed by atoms with Gasteiger partial charge in [-0.1, -0.05) is 18.2 Å². The van der Waals surface area contributed by atoms with Crippen molar-refractivity contribution in [2.75, 3.05) is 5.32 Å². The molecule has 2 aromatic heterocycles. The van der Waals surface area contributed by atoms with E-state index in [4.69, 9.17) is 28.9 Å². The molecular weight excluding hydrogens is 279 g/mol. The molecule has 0 atom stereocenters. The third-order valence-corrected chi connectivity index (χ3v) is 3.37. The third-order valence-electron chi connectivity index (χ3n) is 1.92. The van der Waals surface area contributed by atoms with Crippen molar-refractivity contribution < 1.29 is 0 Å². The maximum atomic E-state index is 5.95. The Kier molecular flexibility index (Phi) is 3.51. The van der Waals surface area contributed by atoms with Gasteiger partial charge in [-0.15, -0.1) is 11.3 Å². The zero-order valence-electron chi connectivity index (χ0n) is 8.58. The van der Waals surface area contributed by atoms with Crippen LogP contribution in [0.2, 0.25) is 10.3 Å². The van der Waals surface area contributed by atoms with Crippen LogP contribution in [-0.4, -0.2) is 9.97 Å². The smallest absolute Gasteiger partial charge is 0.224 e. The fourth-order valence-electron chi connectivity index (χ4n) is 1.22. The molecule has 0 amide bonds. The van der Waals surface area contributed by atoms with Crippen LogP contribution in [0.3, 0.4) is 0 Å². The summed E-state index contributed by atoms with van der Waals surface area (Å²) in [5.41, 5.74) is 6.94. The van der Waals surface area contributed by atoms with Gasteiger partial charge in [0.05, 0.1) is 16.8 Å². The minimum absolute atomic E-state index is 0.125. The monoisotopic (exact) mass is 286 g/mol. The van der Waals surface area contributed by atoms with Crippen molar-refractivity contribution in [3.05, 3.63) is 39.4 Å². The molecular formula is C10H8Cl2N4S. The summed E-state index contributed by atoms with van der Waals surface area (Å²) in [5, 5.41) is 5.45. The van der Waals surface area contributed by atoms with Gasteiger partial charge in [-0.25, -0.2) is 4.98 Å². The highest BCUT2D eigenvalue weighted by Crippen LogP contribution is 2.31. The number of aromatic nitrogens is 2. The van der Waals surface area contributed by atoms with Crippen LogP contribution in [0.1, 0.15) is 4.88 Å². The Hall–Kier alpha value is -1.30. The highest BCUT2D eigenvalue weighted by molar-refractivity contribution is 7.11. The number of nitrogens with two attached hydrogens (primary N) is 1. The summed E-state index contributed by atoms with van der Waals surface area (Å²) in [7, 11) is 0. The van der Waals surface area contributed by atoms with Crippen LogP contribution in [0.4, 0.5) is 11.5 Å². The minimum atomic E-state index is 0.125.